The van der Waals surface area contributed by atoms with Crippen LogP contribution in [0.2, 0.25) is 5.02 Å². The number of non-ortho nitro benzene ring substituents is 1. The van der Waals surface area contributed by atoms with Gasteiger partial charge in [-0.3, -0.25) is 19.8 Å². The summed E-state index contributed by atoms with van der Waals surface area (Å²) < 4.78 is 0. The molecule has 0 radical (unpaired) electrons. The van der Waals surface area contributed by atoms with Crippen LogP contribution in [0.15, 0.2) is 42.5 Å². The Balaban J connectivity index is 1.97. The summed E-state index contributed by atoms with van der Waals surface area (Å²) in [5.41, 5.74) is 2.17. The minimum atomic E-state index is -0.486. The molecule has 0 atom stereocenters. The number of hydrogen-bond acceptors (Lipinski definition) is 4. The molecule has 0 saturated heterocycles. The van der Waals surface area contributed by atoms with Gasteiger partial charge in [-0.05, 0) is 37.2 Å². The molecular weight excluding hydrogens is 330 g/mol. The molecule has 2 rings (SSSR count). The van der Waals surface area contributed by atoms with Gasteiger partial charge in [0.05, 0.1) is 17.2 Å². The van der Waals surface area contributed by atoms with Gasteiger partial charge in [0.15, 0.2) is 0 Å². The van der Waals surface area contributed by atoms with E-state index < -0.39 is 4.92 Å². The van der Waals surface area contributed by atoms with E-state index in [2.05, 4.69) is 5.32 Å². The Morgan fingerprint density at radius 2 is 2.04 bits per heavy atom. The predicted molar refractivity (Wildman–Crippen MR) is 94.2 cm³/mol. The van der Waals surface area contributed by atoms with E-state index >= 15 is 0 Å². The maximum absolute atomic E-state index is 12.2. The molecule has 0 aliphatic carbocycles. The third-order valence-electron chi connectivity index (χ3n) is 3.46. The van der Waals surface area contributed by atoms with E-state index in [1.807, 2.05) is 30.1 Å². The molecular formula is C17H18ClN3O3. The number of nitrogens with zero attached hydrogens (tertiary/aromatic N) is 2. The van der Waals surface area contributed by atoms with Gasteiger partial charge in [-0.2, -0.15) is 0 Å². The van der Waals surface area contributed by atoms with E-state index in [0.29, 0.717) is 17.3 Å². The molecule has 0 aliphatic heterocycles. The second kappa shape index (κ2) is 7.90. The lowest BCUT2D eigenvalue weighted by atomic mass is 10.2. The molecule has 24 heavy (non-hydrogen) atoms. The highest BCUT2D eigenvalue weighted by molar-refractivity contribution is 6.30. The molecule has 0 heterocycles. The molecule has 0 bridgehead atoms. The van der Waals surface area contributed by atoms with Gasteiger partial charge in [0.2, 0.25) is 5.91 Å². The lowest BCUT2D eigenvalue weighted by Gasteiger charge is -2.17. The zero-order chi connectivity index (χ0) is 17.7. The highest BCUT2D eigenvalue weighted by Gasteiger charge is 2.12. The Hall–Kier alpha value is -2.44. The van der Waals surface area contributed by atoms with Crippen molar-refractivity contribution in [2.75, 3.05) is 18.9 Å². The number of likely N-dealkylation sites (N-methyl/N-ethyl adjacent to an activating group) is 1. The van der Waals surface area contributed by atoms with E-state index in [4.69, 9.17) is 11.6 Å². The standard InChI is InChI=1S/C17H18ClN3O3/c1-12-6-7-15(21(23)24)9-16(12)19-17(22)11-20(2)10-13-4-3-5-14(18)8-13/h3-9H,10-11H2,1-2H3,(H,19,22). The van der Waals surface area contributed by atoms with Crippen LogP contribution < -0.4 is 5.32 Å². The second-order valence-corrected chi connectivity index (χ2v) is 6.04. The minimum Gasteiger partial charge on any atom is -0.324 e. The zero-order valence-electron chi connectivity index (χ0n) is 13.5. The number of carbonyl (C=O) groups is 1. The monoisotopic (exact) mass is 347 g/mol. The molecule has 0 saturated carbocycles. The van der Waals surface area contributed by atoms with Gasteiger partial charge < -0.3 is 5.32 Å². The van der Waals surface area contributed by atoms with Crippen molar-refractivity contribution >= 4 is 28.9 Å². The predicted octanol–water partition coefficient (Wildman–Crippen LogP) is 3.63. The molecule has 7 heteroatoms. The van der Waals surface area contributed by atoms with Crippen LogP contribution in [0, 0.1) is 17.0 Å². The maximum Gasteiger partial charge on any atom is 0.271 e. The summed E-state index contributed by atoms with van der Waals surface area (Å²) >= 11 is 5.95. The number of anilines is 1. The molecule has 1 amide bonds. The van der Waals surface area contributed by atoms with Gasteiger partial charge in [0, 0.05) is 23.7 Å². The first-order valence-electron chi connectivity index (χ1n) is 7.33. The summed E-state index contributed by atoms with van der Waals surface area (Å²) in [4.78, 5) is 24.4. The molecule has 0 fully saturated rings. The first-order chi connectivity index (χ1) is 11.3. The molecule has 126 valence electrons. The van der Waals surface area contributed by atoms with Gasteiger partial charge >= 0.3 is 0 Å². The van der Waals surface area contributed by atoms with Gasteiger partial charge in [0.1, 0.15) is 0 Å². The van der Waals surface area contributed by atoms with Crippen LogP contribution in [0.5, 0.6) is 0 Å². The van der Waals surface area contributed by atoms with Gasteiger partial charge in [-0.15, -0.1) is 0 Å². The van der Waals surface area contributed by atoms with Gasteiger partial charge in [-0.25, -0.2) is 0 Å². The molecule has 2 aromatic rings. The van der Waals surface area contributed by atoms with Crippen molar-refractivity contribution in [2.45, 2.75) is 13.5 Å². The average molecular weight is 348 g/mol. The Bertz CT molecular complexity index is 764. The molecule has 0 spiro atoms. The van der Waals surface area contributed by atoms with E-state index in [1.165, 1.54) is 12.1 Å². The lowest BCUT2D eigenvalue weighted by molar-refractivity contribution is -0.384. The number of nitro benzene ring substituents is 1. The molecule has 2 aromatic carbocycles. The van der Waals surface area contributed by atoms with Crippen molar-refractivity contribution in [2.24, 2.45) is 0 Å². The number of hydrogen-bond donors (Lipinski definition) is 1. The lowest BCUT2D eigenvalue weighted by Crippen LogP contribution is -2.30. The molecule has 6 nitrogen and oxygen atoms in total. The third-order valence-corrected chi connectivity index (χ3v) is 3.70. The van der Waals surface area contributed by atoms with Crippen molar-refractivity contribution < 1.29 is 9.72 Å². The number of halogens is 1. The highest BCUT2D eigenvalue weighted by atomic mass is 35.5. The third kappa shape index (κ3) is 5.04. The van der Waals surface area contributed by atoms with Crippen LogP contribution in [0.4, 0.5) is 11.4 Å². The minimum absolute atomic E-state index is 0.0526. The van der Waals surface area contributed by atoms with Gasteiger partial charge in [0.25, 0.3) is 5.69 Å². The normalized spacial score (nSPS) is 10.7. The summed E-state index contributed by atoms with van der Waals surface area (Å²) in [7, 11) is 1.82. The first kappa shape index (κ1) is 17.9. The van der Waals surface area contributed by atoms with E-state index in [0.717, 1.165) is 11.1 Å². The van der Waals surface area contributed by atoms with Gasteiger partial charge in [-0.1, -0.05) is 29.8 Å². The number of amides is 1. The van der Waals surface area contributed by atoms with Crippen molar-refractivity contribution in [3.05, 3.63) is 68.7 Å². The summed E-state index contributed by atoms with van der Waals surface area (Å²) in [6.45, 7) is 2.52. The number of nitrogens with one attached hydrogen (secondary N) is 1. The van der Waals surface area contributed by atoms with Crippen LogP contribution >= 0.6 is 11.6 Å². The smallest absolute Gasteiger partial charge is 0.271 e. The largest absolute Gasteiger partial charge is 0.324 e. The SMILES string of the molecule is Cc1ccc([N+](=O)[O-])cc1NC(=O)CN(C)Cc1cccc(Cl)c1. The van der Waals surface area contributed by atoms with Crippen LogP contribution in [0.25, 0.3) is 0 Å². The van der Waals surface area contributed by atoms with Crippen molar-refractivity contribution in [1.82, 2.24) is 4.90 Å². The van der Waals surface area contributed by atoms with Crippen molar-refractivity contribution in [3.63, 3.8) is 0 Å². The second-order valence-electron chi connectivity index (χ2n) is 5.61. The summed E-state index contributed by atoms with van der Waals surface area (Å²) in [5, 5.41) is 14.2. The van der Waals surface area contributed by atoms with Crippen molar-refractivity contribution in [3.8, 4) is 0 Å². The fourth-order valence-electron chi connectivity index (χ4n) is 2.30. The highest BCUT2D eigenvalue weighted by Crippen LogP contribution is 2.21. The van der Waals surface area contributed by atoms with E-state index in [9.17, 15) is 14.9 Å². The molecule has 1 N–H and O–H groups in total. The molecule has 0 aliphatic rings. The number of benzene rings is 2. The zero-order valence-corrected chi connectivity index (χ0v) is 14.2. The Labute approximate surface area is 145 Å². The molecule has 0 unspecified atom stereocenters. The number of carbonyl (C=O) groups excluding carboxylic acids is 1. The quantitative estimate of drug-likeness (QED) is 0.639. The fraction of sp³-hybridized carbons (Fsp3) is 0.235. The first-order valence-corrected chi connectivity index (χ1v) is 7.71. The van der Waals surface area contributed by atoms with Crippen LogP contribution in [0.1, 0.15) is 11.1 Å². The average Bonchev–Trinajstić information content (AvgIpc) is 2.49. The number of rotatable bonds is 6. The van der Waals surface area contributed by atoms with Crippen LogP contribution in [0.3, 0.4) is 0 Å². The summed E-state index contributed by atoms with van der Waals surface area (Å²) in [6, 6.07) is 11.8. The molecule has 0 aromatic heterocycles. The maximum atomic E-state index is 12.2. The Kier molecular flexibility index (Phi) is 5.89. The van der Waals surface area contributed by atoms with E-state index in [-0.39, 0.29) is 18.1 Å². The topological polar surface area (TPSA) is 75.5 Å². The summed E-state index contributed by atoms with van der Waals surface area (Å²) in [5.74, 6) is -0.233. The number of aryl methyl sites for hydroxylation is 1. The fourth-order valence-corrected chi connectivity index (χ4v) is 2.51. The van der Waals surface area contributed by atoms with Crippen molar-refractivity contribution in [1.29, 1.82) is 0 Å². The Morgan fingerprint density at radius 3 is 2.71 bits per heavy atom. The number of nitro groups is 1. The van der Waals surface area contributed by atoms with Crippen LogP contribution in [-0.2, 0) is 11.3 Å². The summed E-state index contributed by atoms with van der Waals surface area (Å²) in [6.07, 6.45) is 0. The Morgan fingerprint density at radius 1 is 1.29 bits per heavy atom. The van der Waals surface area contributed by atoms with E-state index in [1.54, 1.807) is 19.1 Å². The van der Waals surface area contributed by atoms with Crippen LogP contribution in [-0.4, -0.2) is 29.3 Å².